The van der Waals surface area contributed by atoms with Crippen molar-refractivity contribution in [2.45, 2.75) is 86.0 Å². The van der Waals surface area contributed by atoms with Gasteiger partial charge in [0.05, 0.1) is 18.0 Å². The van der Waals surface area contributed by atoms with Crippen LogP contribution < -0.4 is 31.5 Å². The molecular formula is C51H54N12O5S. The summed E-state index contributed by atoms with van der Waals surface area (Å²) in [6, 6.07) is 19.9. The van der Waals surface area contributed by atoms with Crippen molar-refractivity contribution in [1.82, 2.24) is 35.1 Å². The first-order valence-corrected chi connectivity index (χ1v) is 24.4. The van der Waals surface area contributed by atoms with Gasteiger partial charge in [-0.15, -0.1) is 0 Å². The van der Waals surface area contributed by atoms with E-state index in [0.717, 1.165) is 98.5 Å². The van der Waals surface area contributed by atoms with Crippen molar-refractivity contribution in [3.63, 3.8) is 0 Å². The average Bonchev–Trinajstić information content (AvgIpc) is 3.69. The Kier molecular flexibility index (Phi) is 12.9. The third-order valence-electron chi connectivity index (χ3n) is 13.9. The van der Waals surface area contributed by atoms with Crippen molar-refractivity contribution in [2.75, 3.05) is 59.7 Å². The molecule has 1 atom stereocenters. The Labute approximate surface area is 404 Å². The molecule has 69 heavy (non-hydrogen) atoms. The molecule has 5 aromatic rings. The second-order valence-electron chi connectivity index (χ2n) is 18.7. The molecule has 5 amide bonds. The fourth-order valence-electron chi connectivity index (χ4n) is 9.75. The maximum absolute atomic E-state index is 13.3. The first-order valence-electron chi connectivity index (χ1n) is 23.6. The number of imide groups is 1. The van der Waals surface area contributed by atoms with E-state index in [1.807, 2.05) is 48.7 Å². The zero-order valence-electron chi connectivity index (χ0n) is 38.4. The first kappa shape index (κ1) is 45.7. The zero-order chi connectivity index (χ0) is 47.6. The van der Waals surface area contributed by atoms with E-state index in [2.05, 4.69) is 58.6 Å². The second-order valence-corrected chi connectivity index (χ2v) is 19.8. The molecule has 3 saturated heterocycles. The third kappa shape index (κ3) is 10.4. The minimum atomic E-state index is -0.702. The molecule has 5 aliphatic heterocycles. The van der Waals surface area contributed by atoms with Crippen molar-refractivity contribution in [2.24, 2.45) is 5.73 Å². The highest BCUT2D eigenvalue weighted by Gasteiger charge is 2.39. The Hall–Kier alpha value is -7.02. The summed E-state index contributed by atoms with van der Waals surface area (Å²) in [4.78, 5) is 91.5. The van der Waals surface area contributed by atoms with Crippen LogP contribution in [0.3, 0.4) is 0 Å². The highest BCUT2D eigenvalue weighted by atomic mass is 32.2. The Morgan fingerprint density at radius 2 is 1.55 bits per heavy atom. The second kappa shape index (κ2) is 19.5. The van der Waals surface area contributed by atoms with Crippen LogP contribution in [-0.2, 0) is 16.1 Å². The van der Waals surface area contributed by atoms with Gasteiger partial charge in [0.2, 0.25) is 11.8 Å². The van der Waals surface area contributed by atoms with Crippen LogP contribution in [0.4, 0.5) is 23.0 Å². The van der Waals surface area contributed by atoms with Crippen LogP contribution in [0.1, 0.15) is 94.2 Å². The Morgan fingerprint density at radius 1 is 0.768 bits per heavy atom. The van der Waals surface area contributed by atoms with Gasteiger partial charge in [0.1, 0.15) is 28.4 Å². The van der Waals surface area contributed by atoms with E-state index in [0.29, 0.717) is 34.1 Å². The molecular weight excluding hydrogens is 893 g/mol. The van der Waals surface area contributed by atoms with Gasteiger partial charge in [-0.25, -0.2) is 15.0 Å². The fourth-order valence-corrected chi connectivity index (χ4v) is 10.5. The lowest BCUT2D eigenvalue weighted by molar-refractivity contribution is -0.136. The molecule has 8 heterocycles. The van der Waals surface area contributed by atoms with Gasteiger partial charge in [-0.3, -0.25) is 39.2 Å². The molecule has 10 rings (SSSR count). The number of hydrogen-bond donors (Lipinski definition) is 4. The molecule has 0 aliphatic carbocycles. The molecule has 3 aromatic heterocycles. The van der Waals surface area contributed by atoms with E-state index in [9.17, 15) is 24.0 Å². The number of nitrogens with one attached hydrogen (secondary N) is 3. The molecule has 0 bridgehead atoms. The maximum Gasteiger partial charge on any atom is 0.274 e. The van der Waals surface area contributed by atoms with E-state index in [1.165, 1.54) is 22.2 Å². The summed E-state index contributed by atoms with van der Waals surface area (Å²) in [6.07, 6.45) is 14.5. The average molecular weight is 947 g/mol. The van der Waals surface area contributed by atoms with Crippen LogP contribution in [0.25, 0.3) is 5.57 Å². The van der Waals surface area contributed by atoms with Crippen molar-refractivity contribution in [1.29, 1.82) is 0 Å². The lowest BCUT2D eigenvalue weighted by Crippen LogP contribution is -2.52. The molecule has 0 radical (unpaired) electrons. The molecule has 354 valence electrons. The summed E-state index contributed by atoms with van der Waals surface area (Å²) in [5, 5.41) is 9.00. The lowest BCUT2D eigenvalue weighted by atomic mass is 9.91. The standard InChI is InChI=1S/C51H54N12O5S/c1-51(52)17-23-62(24-18-51)44-29-56-46(30-55-44)69-39-4-2-3-36(26-39)57-47(65)34-6-11-43(54-28-34)61-21-15-38(16-22-61)60-19-13-32(14-20-60)33-5-9-41(53-27-33)48(66)58-37-7-8-40-35(25-37)31-63(50(40)68)42-10-12-45(64)59-49(42)67/h2-9,11,13,25-30,38,42H,10,12,14-24,31,52H2,1H3,(H,57,65)(H,58,66)(H,59,64,67). The number of nitrogens with two attached hydrogens (primary N) is 1. The predicted octanol–water partition coefficient (Wildman–Crippen LogP) is 5.76. The summed E-state index contributed by atoms with van der Waals surface area (Å²) < 4.78 is 0. The lowest BCUT2D eigenvalue weighted by Gasteiger charge is -2.40. The van der Waals surface area contributed by atoms with Gasteiger partial charge >= 0.3 is 0 Å². The largest absolute Gasteiger partial charge is 0.357 e. The Morgan fingerprint density at radius 3 is 2.26 bits per heavy atom. The predicted molar refractivity (Wildman–Crippen MR) is 263 cm³/mol. The smallest absolute Gasteiger partial charge is 0.274 e. The van der Waals surface area contributed by atoms with Gasteiger partial charge < -0.3 is 31.1 Å². The SMILES string of the molecule is CC1(N)CCN(c2cnc(Sc3cccc(NC(=O)c4ccc(N5CCC(N6CC=C(c7ccc(C(=O)Nc8ccc9c(c8)CN(C8CCC(=O)NC8=O)C9=O)nc7)CC6)CC5)nc4)c3)cn2)CC1. The quantitative estimate of drug-likeness (QED) is 0.116. The number of pyridine rings is 2. The molecule has 0 spiro atoms. The number of piperidine rings is 3. The molecule has 1 unspecified atom stereocenters. The van der Waals surface area contributed by atoms with Crippen LogP contribution in [0, 0.1) is 0 Å². The third-order valence-corrected chi connectivity index (χ3v) is 14.8. The molecule has 3 fully saturated rings. The van der Waals surface area contributed by atoms with Crippen molar-refractivity contribution in [3.05, 3.63) is 126 Å². The van der Waals surface area contributed by atoms with Crippen LogP contribution in [-0.4, -0.2) is 116 Å². The molecule has 5 N–H and O–H groups in total. The van der Waals surface area contributed by atoms with E-state index in [-0.39, 0.29) is 54.2 Å². The van der Waals surface area contributed by atoms with Gasteiger partial charge in [0.25, 0.3) is 17.7 Å². The van der Waals surface area contributed by atoms with Gasteiger partial charge in [0.15, 0.2) is 0 Å². The number of amides is 5. The van der Waals surface area contributed by atoms with E-state index in [4.69, 9.17) is 10.7 Å². The van der Waals surface area contributed by atoms with E-state index in [1.54, 1.807) is 42.9 Å². The van der Waals surface area contributed by atoms with Crippen LogP contribution >= 0.6 is 11.8 Å². The number of hydrogen-bond acceptors (Lipinski definition) is 14. The fraction of sp³-hybridized carbons (Fsp3) is 0.353. The van der Waals surface area contributed by atoms with E-state index >= 15 is 0 Å². The normalized spacial score (nSPS) is 19.7. The Balaban J connectivity index is 0.663. The number of benzene rings is 2. The molecule has 18 heteroatoms. The van der Waals surface area contributed by atoms with Gasteiger partial charge in [-0.2, -0.15) is 0 Å². The Bertz CT molecular complexity index is 2800. The minimum absolute atomic E-state index is 0.124. The van der Waals surface area contributed by atoms with Crippen molar-refractivity contribution in [3.8, 4) is 0 Å². The van der Waals surface area contributed by atoms with Gasteiger partial charge in [-0.05, 0) is 117 Å². The number of aromatic nitrogens is 4. The number of anilines is 4. The van der Waals surface area contributed by atoms with Gasteiger partial charge in [0, 0.05) is 98.0 Å². The van der Waals surface area contributed by atoms with Crippen molar-refractivity contribution >= 4 is 69.9 Å². The summed E-state index contributed by atoms with van der Waals surface area (Å²) in [6.45, 7) is 7.57. The molecule has 5 aliphatic rings. The topological polar surface area (TPSA) is 212 Å². The summed E-state index contributed by atoms with van der Waals surface area (Å²) >= 11 is 1.49. The first-order chi connectivity index (χ1) is 33.4. The summed E-state index contributed by atoms with van der Waals surface area (Å²) in [7, 11) is 0. The van der Waals surface area contributed by atoms with Gasteiger partial charge in [-0.1, -0.05) is 30.0 Å². The number of nitrogens with zero attached hydrogens (tertiary/aromatic N) is 8. The van der Waals surface area contributed by atoms with Crippen LogP contribution in [0.2, 0.25) is 0 Å². The van der Waals surface area contributed by atoms with Crippen molar-refractivity contribution < 1.29 is 24.0 Å². The number of fused-ring (bicyclic) bond motifs is 1. The highest BCUT2D eigenvalue weighted by Crippen LogP contribution is 2.32. The minimum Gasteiger partial charge on any atom is -0.357 e. The zero-order valence-corrected chi connectivity index (χ0v) is 39.2. The number of rotatable bonds is 11. The number of carbonyl (C=O) groups is 5. The maximum atomic E-state index is 13.3. The molecule has 17 nitrogen and oxygen atoms in total. The van der Waals surface area contributed by atoms with E-state index < -0.39 is 11.9 Å². The monoisotopic (exact) mass is 946 g/mol. The number of carbonyl (C=O) groups excluding carboxylic acids is 5. The highest BCUT2D eigenvalue weighted by molar-refractivity contribution is 7.99. The van der Waals surface area contributed by atoms with Crippen LogP contribution in [0.5, 0.6) is 0 Å². The molecule has 2 aromatic carbocycles. The van der Waals surface area contributed by atoms with Crippen LogP contribution in [0.15, 0.2) is 108 Å². The summed E-state index contributed by atoms with van der Waals surface area (Å²) in [5.74, 6) is 0.0721. The summed E-state index contributed by atoms with van der Waals surface area (Å²) in [5.41, 5.74) is 11.5. The molecule has 0 saturated carbocycles.